The molecule has 0 radical (unpaired) electrons. The lowest BCUT2D eigenvalue weighted by Gasteiger charge is -2.22. The zero-order valence-corrected chi connectivity index (χ0v) is 14.8. The summed E-state index contributed by atoms with van der Waals surface area (Å²) in [4.78, 5) is 20.5. The lowest BCUT2D eigenvalue weighted by Crippen LogP contribution is -2.23. The number of carbonyl (C=O) groups is 1. The summed E-state index contributed by atoms with van der Waals surface area (Å²) in [5.41, 5.74) is 1.01. The van der Waals surface area contributed by atoms with Crippen LogP contribution in [-0.2, 0) is 4.74 Å². The van der Waals surface area contributed by atoms with Crippen LogP contribution in [0.2, 0.25) is 5.02 Å². The molecule has 7 heteroatoms. The molecule has 0 unspecified atom stereocenters. The van der Waals surface area contributed by atoms with Crippen LogP contribution in [0.15, 0.2) is 30.5 Å². The minimum atomic E-state index is -0.415. The third-order valence-electron chi connectivity index (χ3n) is 4.24. The van der Waals surface area contributed by atoms with Crippen molar-refractivity contribution in [3.8, 4) is 0 Å². The van der Waals surface area contributed by atoms with Gasteiger partial charge >= 0.3 is 5.97 Å². The van der Waals surface area contributed by atoms with E-state index in [1.165, 1.54) is 26.4 Å². The Balaban J connectivity index is 1.74. The van der Waals surface area contributed by atoms with Crippen molar-refractivity contribution in [2.24, 2.45) is 0 Å². The van der Waals surface area contributed by atoms with Gasteiger partial charge in [0.05, 0.1) is 23.4 Å². The van der Waals surface area contributed by atoms with Crippen molar-refractivity contribution < 1.29 is 9.53 Å². The van der Waals surface area contributed by atoms with Crippen LogP contribution in [-0.4, -0.2) is 29.1 Å². The van der Waals surface area contributed by atoms with Crippen molar-refractivity contribution in [2.75, 3.05) is 17.7 Å². The van der Waals surface area contributed by atoms with E-state index in [2.05, 4.69) is 20.6 Å². The molecule has 2 aromatic rings. The van der Waals surface area contributed by atoms with Crippen molar-refractivity contribution >= 4 is 35.0 Å². The van der Waals surface area contributed by atoms with Gasteiger partial charge in [-0.2, -0.15) is 4.98 Å². The van der Waals surface area contributed by atoms with Crippen LogP contribution in [0, 0.1) is 0 Å². The number of carbonyl (C=O) groups excluding carboxylic acids is 1. The molecule has 25 heavy (non-hydrogen) atoms. The molecule has 1 heterocycles. The number of hydrogen-bond donors (Lipinski definition) is 2. The van der Waals surface area contributed by atoms with Crippen LogP contribution in [0.5, 0.6) is 0 Å². The molecule has 6 nitrogen and oxygen atoms in total. The predicted octanol–water partition coefficient (Wildman–Crippen LogP) is 4.40. The molecule has 1 aliphatic carbocycles. The highest BCUT2D eigenvalue weighted by atomic mass is 35.5. The van der Waals surface area contributed by atoms with Gasteiger partial charge in [0.15, 0.2) is 0 Å². The number of anilines is 3. The van der Waals surface area contributed by atoms with Crippen molar-refractivity contribution in [1.29, 1.82) is 0 Å². The highest BCUT2D eigenvalue weighted by Crippen LogP contribution is 2.27. The summed E-state index contributed by atoms with van der Waals surface area (Å²) >= 11 is 6.22. The summed E-state index contributed by atoms with van der Waals surface area (Å²) in [5.74, 6) is 0.788. The van der Waals surface area contributed by atoms with Crippen molar-refractivity contribution in [3.05, 3.63) is 41.0 Å². The minimum Gasteiger partial charge on any atom is -0.465 e. The molecule has 132 valence electrons. The predicted molar refractivity (Wildman–Crippen MR) is 98.6 cm³/mol. The fourth-order valence-corrected chi connectivity index (χ4v) is 3.10. The van der Waals surface area contributed by atoms with Gasteiger partial charge in [-0.3, -0.25) is 0 Å². The van der Waals surface area contributed by atoms with E-state index >= 15 is 0 Å². The van der Waals surface area contributed by atoms with Crippen LogP contribution in [0.3, 0.4) is 0 Å². The Morgan fingerprint density at radius 1 is 1.24 bits per heavy atom. The highest BCUT2D eigenvalue weighted by Gasteiger charge is 2.14. The molecule has 2 N–H and O–H groups in total. The summed E-state index contributed by atoms with van der Waals surface area (Å²) < 4.78 is 4.74. The van der Waals surface area contributed by atoms with Crippen LogP contribution >= 0.6 is 11.6 Å². The first-order valence-electron chi connectivity index (χ1n) is 8.40. The number of nitrogens with zero attached hydrogens (tertiary/aromatic N) is 2. The van der Waals surface area contributed by atoms with E-state index in [0.29, 0.717) is 34.1 Å². The minimum absolute atomic E-state index is 0.415. The molecule has 1 saturated carbocycles. The maximum Gasteiger partial charge on any atom is 0.337 e. The molecule has 0 saturated heterocycles. The van der Waals surface area contributed by atoms with Gasteiger partial charge < -0.3 is 15.4 Å². The Labute approximate surface area is 152 Å². The lowest BCUT2D eigenvalue weighted by molar-refractivity contribution is 0.0601. The Kier molecular flexibility index (Phi) is 5.71. The highest BCUT2D eigenvalue weighted by molar-refractivity contribution is 6.33. The maximum absolute atomic E-state index is 11.7. The Bertz CT molecular complexity index is 748. The Morgan fingerprint density at radius 2 is 2.04 bits per heavy atom. The zero-order valence-electron chi connectivity index (χ0n) is 14.1. The second-order valence-electron chi connectivity index (χ2n) is 6.06. The number of rotatable bonds is 5. The average Bonchev–Trinajstić information content (AvgIpc) is 2.64. The van der Waals surface area contributed by atoms with E-state index in [-0.39, 0.29) is 0 Å². The van der Waals surface area contributed by atoms with Crippen LogP contribution < -0.4 is 10.6 Å². The summed E-state index contributed by atoms with van der Waals surface area (Å²) in [6.45, 7) is 0. The van der Waals surface area contributed by atoms with E-state index < -0.39 is 5.97 Å². The van der Waals surface area contributed by atoms with E-state index in [1.807, 2.05) is 0 Å². The lowest BCUT2D eigenvalue weighted by atomic mass is 9.96. The topological polar surface area (TPSA) is 76.1 Å². The molecule has 0 amide bonds. The van der Waals surface area contributed by atoms with E-state index in [4.69, 9.17) is 16.3 Å². The molecule has 0 bridgehead atoms. The first-order valence-corrected chi connectivity index (χ1v) is 8.78. The van der Waals surface area contributed by atoms with Crippen molar-refractivity contribution in [1.82, 2.24) is 9.97 Å². The van der Waals surface area contributed by atoms with Gasteiger partial charge in [-0.05, 0) is 37.1 Å². The first-order chi connectivity index (χ1) is 12.2. The monoisotopic (exact) mass is 360 g/mol. The molecule has 1 aromatic carbocycles. The second-order valence-corrected chi connectivity index (χ2v) is 6.46. The van der Waals surface area contributed by atoms with E-state index in [1.54, 1.807) is 30.5 Å². The molecule has 0 atom stereocenters. The molecular formula is C18H21ClN4O2. The molecule has 0 spiro atoms. The van der Waals surface area contributed by atoms with Gasteiger partial charge in [0, 0.05) is 12.2 Å². The summed E-state index contributed by atoms with van der Waals surface area (Å²) in [5, 5.41) is 7.02. The van der Waals surface area contributed by atoms with Gasteiger partial charge in [0.1, 0.15) is 5.82 Å². The fourth-order valence-electron chi connectivity index (χ4n) is 2.93. The summed E-state index contributed by atoms with van der Waals surface area (Å²) in [7, 11) is 1.34. The van der Waals surface area contributed by atoms with Crippen LogP contribution in [0.25, 0.3) is 0 Å². The van der Waals surface area contributed by atoms with E-state index in [9.17, 15) is 4.79 Å². The molecule has 0 aliphatic heterocycles. The largest absolute Gasteiger partial charge is 0.465 e. The number of benzene rings is 1. The smallest absolute Gasteiger partial charge is 0.337 e. The second kappa shape index (κ2) is 8.16. The standard InChI is InChI=1S/C18H21ClN4O2/c1-25-17(24)12-7-8-14(19)15(11-12)22-16-9-10-20-18(23-16)21-13-5-3-2-4-6-13/h7-11,13H,2-6H2,1H3,(H2,20,21,22,23). The van der Waals surface area contributed by atoms with Gasteiger partial charge in [0.25, 0.3) is 0 Å². The zero-order chi connectivity index (χ0) is 17.6. The number of halogens is 1. The molecular weight excluding hydrogens is 340 g/mol. The Hall–Kier alpha value is -2.34. The van der Waals surface area contributed by atoms with Gasteiger partial charge in [-0.25, -0.2) is 9.78 Å². The summed E-state index contributed by atoms with van der Waals surface area (Å²) in [6.07, 6.45) is 7.77. The Morgan fingerprint density at radius 3 is 2.80 bits per heavy atom. The normalized spacial score (nSPS) is 14.8. The number of methoxy groups -OCH3 is 1. The van der Waals surface area contributed by atoms with Crippen molar-refractivity contribution in [2.45, 2.75) is 38.1 Å². The number of ether oxygens (including phenoxy) is 1. The number of esters is 1. The van der Waals surface area contributed by atoms with Gasteiger partial charge in [-0.15, -0.1) is 0 Å². The fraction of sp³-hybridized carbons (Fsp3) is 0.389. The quantitative estimate of drug-likeness (QED) is 0.769. The maximum atomic E-state index is 11.7. The number of nitrogens with one attached hydrogen (secondary N) is 2. The van der Waals surface area contributed by atoms with Crippen LogP contribution in [0.4, 0.5) is 17.5 Å². The number of hydrogen-bond acceptors (Lipinski definition) is 6. The molecule has 1 aliphatic rings. The van der Waals surface area contributed by atoms with Crippen molar-refractivity contribution in [3.63, 3.8) is 0 Å². The van der Waals surface area contributed by atoms with Crippen LogP contribution in [0.1, 0.15) is 42.5 Å². The summed E-state index contributed by atoms with van der Waals surface area (Å²) in [6, 6.07) is 7.10. The first kappa shape index (κ1) is 17.5. The van der Waals surface area contributed by atoms with E-state index in [0.717, 1.165) is 12.8 Å². The number of aromatic nitrogens is 2. The molecule has 1 aromatic heterocycles. The van der Waals surface area contributed by atoms with Gasteiger partial charge in [0.2, 0.25) is 5.95 Å². The van der Waals surface area contributed by atoms with Gasteiger partial charge in [-0.1, -0.05) is 30.9 Å². The SMILES string of the molecule is COC(=O)c1ccc(Cl)c(Nc2ccnc(NC3CCCCC3)n2)c1. The molecule has 1 fully saturated rings. The average molecular weight is 361 g/mol. The third kappa shape index (κ3) is 4.60. The molecule has 3 rings (SSSR count). The third-order valence-corrected chi connectivity index (χ3v) is 4.57.